The quantitative estimate of drug-likeness (QED) is 0.812. The fraction of sp³-hybridized carbons (Fsp3) is 0.231. The van der Waals surface area contributed by atoms with Crippen LogP contribution in [-0.4, -0.2) is 8.42 Å². The molecule has 0 N–H and O–H groups in total. The summed E-state index contributed by atoms with van der Waals surface area (Å²) in [6, 6.07) is 8.78. The molecule has 1 aliphatic carbocycles. The summed E-state index contributed by atoms with van der Waals surface area (Å²) in [5.41, 5.74) is 2.50. The Morgan fingerprint density at radius 1 is 1.11 bits per heavy atom. The third kappa shape index (κ3) is 2.15. The van der Waals surface area contributed by atoms with E-state index >= 15 is 0 Å². The molecule has 0 aliphatic heterocycles. The van der Waals surface area contributed by atoms with Crippen LogP contribution in [0.1, 0.15) is 17.5 Å². The number of hydrogen-bond donors (Lipinski definition) is 0. The zero-order chi connectivity index (χ0) is 12.6. The highest BCUT2D eigenvalue weighted by Gasteiger charge is 2.19. The fourth-order valence-electron chi connectivity index (χ4n) is 2.17. The Hall–Kier alpha value is -1.33. The van der Waals surface area contributed by atoms with Gasteiger partial charge in [-0.3, -0.25) is 0 Å². The summed E-state index contributed by atoms with van der Waals surface area (Å²) in [4.78, 5) is 0. The fourth-order valence-corrected chi connectivity index (χ4v) is 4.05. The molecule has 1 aromatic heterocycles. The minimum absolute atomic E-state index is 0.239. The maximum absolute atomic E-state index is 12.0. The first kappa shape index (κ1) is 11.7. The Balaban J connectivity index is 1.89. The molecule has 0 fully saturated rings. The van der Waals surface area contributed by atoms with Gasteiger partial charge in [0.15, 0.2) is 4.21 Å². The first-order chi connectivity index (χ1) is 8.65. The summed E-state index contributed by atoms with van der Waals surface area (Å²) in [7, 11) is -3.67. The van der Waals surface area contributed by atoms with E-state index in [9.17, 15) is 8.42 Å². The van der Waals surface area contributed by atoms with Crippen molar-refractivity contribution in [2.75, 3.05) is 0 Å². The molecule has 5 heteroatoms. The van der Waals surface area contributed by atoms with Gasteiger partial charge in [0.25, 0.3) is 0 Å². The number of aryl methyl sites for hydroxylation is 2. The van der Waals surface area contributed by atoms with E-state index in [0.29, 0.717) is 5.75 Å². The van der Waals surface area contributed by atoms with Crippen molar-refractivity contribution in [3.05, 3.63) is 46.8 Å². The van der Waals surface area contributed by atoms with Gasteiger partial charge in [-0.15, -0.1) is 11.3 Å². The van der Waals surface area contributed by atoms with Gasteiger partial charge in [0.1, 0.15) is 5.75 Å². The number of rotatable bonds is 3. The second kappa shape index (κ2) is 4.40. The van der Waals surface area contributed by atoms with E-state index in [1.807, 2.05) is 12.1 Å². The minimum Gasteiger partial charge on any atom is -0.378 e. The van der Waals surface area contributed by atoms with E-state index in [-0.39, 0.29) is 4.21 Å². The van der Waals surface area contributed by atoms with Gasteiger partial charge in [-0.05, 0) is 54.0 Å². The third-order valence-electron chi connectivity index (χ3n) is 3.02. The van der Waals surface area contributed by atoms with Crippen LogP contribution in [0.4, 0.5) is 0 Å². The topological polar surface area (TPSA) is 43.4 Å². The van der Waals surface area contributed by atoms with Crippen LogP contribution >= 0.6 is 11.3 Å². The van der Waals surface area contributed by atoms with Crippen LogP contribution < -0.4 is 4.18 Å². The average Bonchev–Trinajstić information content (AvgIpc) is 2.99. The van der Waals surface area contributed by atoms with Crippen LogP contribution in [-0.2, 0) is 23.0 Å². The average molecular weight is 280 g/mol. The maximum atomic E-state index is 12.0. The lowest BCUT2D eigenvalue weighted by atomic mass is 10.1. The Morgan fingerprint density at radius 2 is 1.94 bits per heavy atom. The summed E-state index contributed by atoms with van der Waals surface area (Å²) in [5.74, 6) is 0.407. The molecule has 0 atom stereocenters. The van der Waals surface area contributed by atoms with Crippen LogP contribution in [0.3, 0.4) is 0 Å². The van der Waals surface area contributed by atoms with Gasteiger partial charge >= 0.3 is 10.1 Å². The smallest absolute Gasteiger partial charge is 0.348 e. The van der Waals surface area contributed by atoms with E-state index in [1.165, 1.54) is 11.1 Å². The predicted octanol–water partition coefficient (Wildman–Crippen LogP) is 3.00. The van der Waals surface area contributed by atoms with E-state index in [4.69, 9.17) is 4.18 Å². The highest BCUT2D eigenvalue weighted by molar-refractivity contribution is 7.89. The zero-order valence-electron chi connectivity index (χ0n) is 9.63. The third-order valence-corrected chi connectivity index (χ3v) is 5.62. The summed E-state index contributed by atoms with van der Waals surface area (Å²) in [6.07, 6.45) is 3.22. The van der Waals surface area contributed by atoms with Crippen molar-refractivity contribution in [1.82, 2.24) is 0 Å². The lowest BCUT2D eigenvalue weighted by Gasteiger charge is -2.07. The van der Waals surface area contributed by atoms with Gasteiger partial charge in [0.2, 0.25) is 0 Å². The standard InChI is InChI=1S/C13H12O3S2/c14-18(15,13-5-2-8-17-13)16-12-7-6-10-3-1-4-11(10)9-12/h2,5-9H,1,3-4H2. The summed E-state index contributed by atoms with van der Waals surface area (Å²) in [6.45, 7) is 0. The second-order valence-corrected chi connectivity index (χ2v) is 6.97. The molecule has 0 amide bonds. The summed E-state index contributed by atoms with van der Waals surface area (Å²) in [5, 5.41) is 1.72. The SMILES string of the molecule is O=S(=O)(Oc1ccc2c(c1)CCC2)c1cccs1. The molecule has 0 unspecified atom stereocenters. The Bertz CT molecular complexity index is 658. The van der Waals surface area contributed by atoms with E-state index in [1.54, 1.807) is 23.6 Å². The monoisotopic (exact) mass is 280 g/mol. The Kier molecular flexibility index (Phi) is 2.87. The molecule has 1 heterocycles. The molecule has 1 aliphatic rings. The van der Waals surface area contributed by atoms with Gasteiger partial charge in [-0.25, -0.2) is 0 Å². The zero-order valence-corrected chi connectivity index (χ0v) is 11.3. The molecule has 1 aromatic carbocycles. The molecule has 0 saturated carbocycles. The van der Waals surface area contributed by atoms with Gasteiger partial charge in [0, 0.05) is 0 Å². The van der Waals surface area contributed by atoms with E-state index < -0.39 is 10.1 Å². The van der Waals surface area contributed by atoms with Gasteiger partial charge in [-0.1, -0.05) is 12.1 Å². The largest absolute Gasteiger partial charge is 0.378 e. The first-order valence-corrected chi connectivity index (χ1v) is 8.04. The van der Waals surface area contributed by atoms with E-state index in [2.05, 4.69) is 0 Å². The highest BCUT2D eigenvalue weighted by atomic mass is 32.3. The van der Waals surface area contributed by atoms with Crippen molar-refractivity contribution in [2.45, 2.75) is 23.5 Å². The van der Waals surface area contributed by atoms with Crippen LogP contribution in [0, 0.1) is 0 Å². The van der Waals surface area contributed by atoms with Crippen LogP contribution in [0.25, 0.3) is 0 Å². The number of fused-ring (bicyclic) bond motifs is 1. The molecule has 3 nitrogen and oxygen atoms in total. The lowest BCUT2D eigenvalue weighted by Crippen LogP contribution is -2.08. The number of hydrogen-bond acceptors (Lipinski definition) is 4. The van der Waals surface area contributed by atoms with Crippen LogP contribution in [0.2, 0.25) is 0 Å². The van der Waals surface area contributed by atoms with Crippen molar-refractivity contribution >= 4 is 21.5 Å². The molecule has 0 bridgehead atoms. The van der Waals surface area contributed by atoms with Crippen LogP contribution in [0.5, 0.6) is 5.75 Å². The van der Waals surface area contributed by atoms with Gasteiger partial charge in [0.05, 0.1) is 0 Å². The first-order valence-electron chi connectivity index (χ1n) is 5.75. The van der Waals surface area contributed by atoms with Crippen molar-refractivity contribution < 1.29 is 12.6 Å². The van der Waals surface area contributed by atoms with Crippen molar-refractivity contribution in [2.24, 2.45) is 0 Å². The van der Waals surface area contributed by atoms with Crippen molar-refractivity contribution in [3.8, 4) is 5.75 Å². The molecule has 18 heavy (non-hydrogen) atoms. The second-order valence-electron chi connectivity index (χ2n) is 4.25. The van der Waals surface area contributed by atoms with E-state index in [0.717, 1.165) is 30.6 Å². The molecular weight excluding hydrogens is 268 g/mol. The normalized spacial score (nSPS) is 14.4. The number of benzene rings is 1. The summed E-state index contributed by atoms with van der Waals surface area (Å²) < 4.78 is 29.3. The highest BCUT2D eigenvalue weighted by Crippen LogP contribution is 2.28. The minimum atomic E-state index is -3.67. The van der Waals surface area contributed by atoms with Gasteiger partial charge in [-0.2, -0.15) is 8.42 Å². The molecular formula is C13H12O3S2. The molecule has 0 radical (unpaired) electrons. The van der Waals surface area contributed by atoms with Crippen molar-refractivity contribution in [1.29, 1.82) is 0 Å². The summed E-state index contributed by atoms with van der Waals surface area (Å²) >= 11 is 1.16. The van der Waals surface area contributed by atoms with Crippen molar-refractivity contribution in [3.63, 3.8) is 0 Å². The lowest BCUT2D eigenvalue weighted by molar-refractivity contribution is 0.488. The molecule has 0 spiro atoms. The Morgan fingerprint density at radius 3 is 2.72 bits per heavy atom. The molecule has 3 rings (SSSR count). The predicted molar refractivity (Wildman–Crippen MR) is 70.6 cm³/mol. The molecule has 0 saturated heterocycles. The molecule has 94 valence electrons. The van der Waals surface area contributed by atoms with Gasteiger partial charge < -0.3 is 4.18 Å². The number of thiophene rings is 1. The Labute approximate surface area is 110 Å². The maximum Gasteiger partial charge on any atom is 0.348 e. The molecule has 2 aromatic rings. The van der Waals surface area contributed by atoms with Crippen LogP contribution in [0.15, 0.2) is 39.9 Å².